The lowest BCUT2D eigenvalue weighted by atomic mass is 10.1. The van der Waals surface area contributed by atoms with Crippen LogP contribution < -0.4 is 10.9 Å². The third kappa shape index (κ3) is 2.71. The lowest BCUT2D eigenvalue weighted by molar-refractivity contribution is 0.102. The van der Waals surface area contributed by atoms with Crippen molar-refractivity contribution in [3.8, 4) is 0 Å². The Balaban J connectivity index is 1.48. The number of nitrogens with zero attached hydrogens (tertiary/aromatic N) is 3. The van der Waals surface area contributed by atoms with E-state index in [1.54, 1.807) is 11.8 Å². The van der Waals surface area contributed by atoms with Gasteiger partial charge in [0.05, 0.1) is 12.2 Å². The predicted octanol–water partition coefficient (Wildman–Crippen LogP) is 1.74. The zero-order valence-electron chi connectivity index (χ0n) is 12.5. The summed E-state index contributed by atoms with van der Waals surface area (Å²) in [5, 5.41) is 11.8. The van der Waals surface area contributed by atoms with Gasteiger partial charge in [0.25, 0.3) is 11.5 Å². The number of aromatic nitrogens is 2. The van der Waals surface area contributed by atoms with Gasteiger partial charge in [0.2, 0.25) is 0 Å². The number of amides is 1. The van der Waals surface area contributed by atoms with Crippen molar-refractivity contribution in [2.75, 3.05) is 18.4 Å². The van der Waals surface area contributed by atoms with Crippen LogP contribution in [0.2, 0.25) is 0 Å². The largest absolute Gasteiger partial charge is 0.321 e. The van der Waals surface area contributed by atoms with E-state index in [2.05, 4.69) is 30.8 Å². The van der Waals surface area contributed by atoms with E-state index in [1.807, 2.05) is 24.3 Å². The SMILES string of the molecule is O=C(Nc1ccc(C2=CSC3=NCCN23)cc1)c1ccc(=O)[nH]n1. The Morgan fingerprint density at radius 1 is 1.21 bits per heavy atom. The average Bonchev–Trinajstić information content (AvgIpc) is 3.20. The van der Waals surface area contributed by atoms with Gasteiger partial charge >= 0.3 is 0 Å². The number of nitrogens with one attached hydrogen (secondary N) is 2. The number of benzene rings is 1. The number of hydrogen-bond acceptors (Lipinski definition) is 6. The van der Waals surface area contributed by atoms with Crippen LogP contribution in [0.3, 0.4) is 0 Å². The first kappa shape index (κ1) is 14.7. The highest BCUT2D eigenvalue weighted by molar-refractivity contribution is 8.16. The van der Waals surface area contributed by atoms with Gasteiger partial charge in [-0.2, -0.15) is 5.10 Å². The summed E-state index contributed by atoms with van der Waals surface area (Å²) in [6, 6.07) is 10.3. The molecule has 0 atom stereocenters. The second-order valence-corrected chi connectivity index (χ2v) is 6.11. The van der Waals surface area contributed by atoms with Gasteiger partial charge in [-0.3, -0.25) is 14.6 Å². The Morgan fingerprint density at radius 2 is 2.04 bits per heavy atom. The molecule has 0 aliphatic carbocycles. The first-order valence-corrected chi connectivity index (χ1v) is 8.25. The Morgan fingerprint density at radius 3 is 2.79 bits per heavy atom. The molecule has 24 heavy (non-hydrogen) atoms. The summed E-state index contributed by atoms with van der Waals surface area (Å²) in [6.45, 7) is 1.74. The molecular weight excluding hydrogens is 326 g/mol. The highest BCUT2D eigenvalue weighted by Gasteiger charge is 2.26. The van der Waals surface area contributed by atoms with E-state index in [0.29, 0.717) is 5.69 Å². The molecule has 0 saturated carbocycles. The van der Waals surface area contributed by atoms with Crippen molar-refractivity contribution in [3.63, 3.8) is 0 Å². The first-order chi connectivity index (χ1) is 11.7. The van der Waals surface area contributed by atoms with Crippen LogP contribution in [0.1, 0.15) is 16.1 Å². The fourth-order valence-electron chi connectivity index (χ4n) is 2.54. The highest BCUT2D eigenvalue weighted by atomic mass is 32.2. The molecule has 0 saturated heterocycles. The van der Waals surface area contributed by atoms with Crippen molar-refractivity contribution in [1.82, 2.24) is 15.1 Å². The van der Waals surface area contributed by atoms with Gasteiger partial charge in [0.15, 0.2) is 5.17 Å². The Labute approximate surface area is 141 Å². The zero-order valence-corrected chi connectivity index (χ0v) is 13.3. The van der Waals surface area contributed by atoms with Crippen molar-refractivity contribution >= 4 is 34.2 Å². The molecule has 8 heteroatoms. The van der Waals surface area contributed by atoms with Crippen LogP contribution in [0.15, 0.2) is 51.6 Å². The molecule has 4 rings (SSSR count). The quantitative estimate of drug-likeness (QED) is 0.889. The first-order valence-electron chi connectivity index (χ1n) is 7.37. The maximum atomic E-state index is 12.1. The van der Waals surface area contributed by atoms with E-state index < -0.39 is 0 Å². The van der Waals surface area contributed by atoms with E-state index in [4.69, 9.17) is 0 Å². The summed E-state index contributed by atoms with van der Waals surface area (Å²) < 4.78 is 0. The van der Waals surface area contributed by atoms with Gasteiger partial charge in [-0.05, 0) is 23.8 Å². The van der Waals surface area contributed by atoms with Crippen molar-refractivity contribution < 1.29 is 4.79 Å². The molecule has 0 bridgehead atoms. The summed E-state index contributed by atoms with van der Waals surface area (Å²) in [4.78, 5) is 29.7. The van der Waals surface area contributed by atoms with Crippen LogP contribution in [0.25, 0.3) is 5.70 Å². The fraction of sp³-hybridized carbons (Fsp3) is 0.125. The van der Waals surface area contributed by atoms with Crippen molar-refractivity contribution in [3.05, 3.63) is 63.4 Å². The maximum absolute atomic E-state index is 12.1. The van der Waals surface area contributed by atoms with Crippen LogP contribution in [0.4, 0.5) is 5.69 Å². The summed E-state index contributed by atoms with van der Waals surface area (Å²) in [5.74, 6) is -0.372. The Hall–Kier alpha value is -2.87. The van der Waals surface area contributed by atoms with E-state index >= 15 is 0 Å². The molecule has 2 aromatic rings. The molecule has 1 aromatic heterocycles. The number of carbonyl (C=O) groups excluding carboxylic acids is 1. The van der Waals surface area contributed by atoms with Crippen molar-refractivity contribution in [2.45, 2.75) is 0 Å². The lowest BCUT2D eigenvalue weighted by Gasteiger charge is -2.16. The molecule has 2 aliphatic rings. The van der Waals surface area contributed by atoms with Gasteiger partial charge in [-0.15, -0.1) is 0 Å². The number of rotatable bonds is 3. The molecule has 0 radical (unpaired) electrons. The maximum Gasteiger partial charge on any atom is 0.276 e. The van der Waals surface area contributed by atoms with Crippen LogP contribution >= 0.6 is 11.8 Å². The summed E-state index contributed by atoms with van der Waals surface area (Å²) >= 11 is 1.64. The molecule has 3 heterocycles. The minimum Gasteiger partial charge on any atom is -0.321 e. The number of aromatic amines is 1. The highest BCUT2D eigenvalue weighted by Crippen LogP contribution is 2.35. The molecule has 0 fully saturated rings. The topological polar surface area (TPSA) is 90.5 Å². The zero-order chi connectivity index (χ0) is 16.5. The summed E-state index contributed by atoms with van der Waals surface area (Å²) in [5.41, 5.74) is 2.69. The van der Waals surface area contributed by atoms with Gasteiger partial charge in [-0.25, -0.2) is 5.10 Å². The van der Waals surface area contributed by atoms with E-state index in [-0.39, 0.29) is 17.2 Å². The molecule has 0 spiro atoms. The minimum atomic E-state index is -0.372. The second kappa shape index (κ2) is 5.97. The summed E-state index contributed by atoms with van der Waals surface area (Å²) in [7, 11) is 0. The van der Waals surface area contributed by atoms with Gasteiger partial charge < -0.3 is 10.2 Å². The van der Waals surface area contributed by atoms with Crippen LogP contribution in [-0.4, -0.2) is 39.3 Å². The normalized spacial score (nSPS) is 15.8. The average molecular weight is 339 g/mol. The Bertz CT molecular complexity index is 896. The smallest absolute Gasteiger partial charge is 0.276 e. The van der Waals surface area contributed by atoms with Gasteiger partial charge in [-0.1, -0.05) is 23.9 Å². The van der Waals surface area contributed by atoms with Crippen LogP contribution in [0, 0.1) is 0 Å². The standard InChI is InChI=1S/C16H13N5O2S/c22-14-6-5-12(19-20-14)15(23)18-11-3-1-10(2-4-11)13-9-24-16-17-7-8-21(13)16/h1-6,9H,7-8H2,(H,18,23)(H,20,22). The number of aliphatic imine (C=N–C) groups is 1. The van der Waals surface area contributed by atoms with Crippen LogP contribution in [-0.2, 0) is 0 Å². The number of fused-ring (bicyclic) bond motifs is 1. The molecular formula is C16H13N5O2S. The molecule has 120 valence electrons. The van der Waals surface area contributed by atoms with Crippen LogP contribution in [0.5, 0.6) is 0 Å². The number of H-pyrrole nitrogens is 1. The molecule has 0 unspecified atom stereocenters. The summed E-state index contributed by atoms with van der Waals surface area (Å²) in [6.07, 6.45) is 0. The predicted molar refractivity (Wildman–Crippen MR) is 93.8 cm³/mol. The fourth-order valence-corrected chi connectivity index (χ4v) is 3.50. The van der Waals surface area contributed by atoms with E-state index in [1.165, 1.54) is 12.1 Å². The Kier molecular flexibility index (Phi) is 3.66. The van der Waals surface area contributed by atoms with E-state index in [0.717, 1.165) is 29.5 Å². The molecule has 7 nitrogen and oxygen atoms in total. The molecule has 1 amide bonds. The number of carbonyl (C=O) groups is 1. The molecule has 2 N–H and O–H groups in total. The van der Waals surface area contributed by atoms with Gasteiger partial charge in [0.1, 0.15) is 5.69 Å². The number of anilines is 1. The monoisotopic (exact) mass is 339 g/mol. The number of hydrogen-bond donors (Lipinski definition) is 2. The van der Waals surface area contributed by atoms with Crippen molar-refractivity contribution in [2.24, 2.45) is 4.99 Å². The third-order valence-electron chi connectivity index (χ3n) is 3.72. The number of amidine groups is 1. The molecule has 2 aliphatic heterocycles. The van der Waals surface area contributed by atoms with E-state index in [9.17, 15) is 9.59 Å². The minimum absolute atomic E-state index is 0.159. The van der Waals surface area contributed by atoms with Crippen molar-refractivity contribution in [1.29, 1.82) is 0 Å². The third-order valence-corrected chi connectivity index (χ3v) is 4.62. The lowest BCUT2D eigenvalue weighted by Crippen LogP contribution is -2.20. The van der Waals surface area contributed by atoms with Gasteiger partial charge in [0, 0.05) is 23.7 Å². The second-order valence-electron chi connectivity index (χ2n) is 5.27. The number of thioether (sulfide) groups is 1. The molecule has 1 aromatic carbocycles.